The summed E-state index contributed by atoms with van der Waals surface area (Å²) >= 11 is 0. The predicted octanol–water partition coefficient (Wildman–Crippen LogP) is 2.57. The van der Waals surface area contributed by atoms with Gasteiger partial charge in [-0.05, 0) is 42.0 Å². The Morgan fingerprint density at radius 2 is 1.78 bits per heavy atom. The second-order valence-corrected chi connectivity index (χ2v) is 6.67. The van der Waals surface area contributed by atoms with Crippen molar-refractivity contribution in [3.05, 3.63) is 77.0 Å². The summed E-state index contributed by atoms with van der Waals surface area (Å²) in [5.41, 5.74) is 10.4. The number of H-pyrrole nitrogens is 1. The van der Waals surface area contributed by atoms with E-state index in [9.17, 15) is 9.59 Å². The molecule has 6 heteroatoms. The highest BCUT2D eigenvalue weighted by molar-refractivity contribution is 5.94. The summed E-state index contributed by atoms with van der Waals surface area (Å²) in [4.78, 5) is 24.3. The van der Waals surface area contributed by atoms with Gasteiger partial charge in [0.05, 0.1) is 12.1 Å². The first-order chi connectivity index (χ1) is 13.2. The lowest BCUT2D eigenvalue weighted by atomic mass is 10.0. The number of aromatic nitrogens is 2. The third-order valence-corrected chi connectivity index (χ3v) is 4.74. The molecule has 3 N–H and O–H groups in total. The van der Waals surface area contributed by atoms with E-state index >= 15 is 0 Å². The van der Waals surface area contributed by atoms with Crippen molar-refractivity contribution < 1.29 is 9.59 Å². The van der Waals surface area contributed by atoms with Gasteiger partial charge in [-0.2, -0.15) is 5.10 Å². The minimum absolute atomic E-state index is 0.228. The summed E-state index contributed by atoms with van der Waals surface area (Å²) in [6.45, 7) is 0. The minimum Gasteiger partial charge on any atom is -0.273 e. The van der Waals surface area contributed by atoms with Gasteiger partial charge < -0.3 is 0 Å². The van der Waals surface area contributed by atoms with Crippen molar-refractivity contribution in [3.63, 3.8) is 0 Å². The Labute approximate surface area is 157 Å². The lowest BCUT2D eigenvalue weighted by molar-refractivity contribution is -0.121. The molecule has 0 unspecified atom stereocenters. The van der Waals surface area contributed by atoms with Crippen LogP contribution in [0, 0.1) is 0 Å². The lowest BCUT2D eigenvalue weighted by Crippen LogP contribution is -2.42. The van der Waals surface area contributed by atoms with Crippen LogP contribution in [0.2, 0.25) is 0 Å². The van der Waals surface area contributed by atoms with Crippen LogP contribution in [0.4, 0.5) is 0 Å². The number of carbonyl (C=O) groups is 2. The highest BCUT2D eigenvalue weighted by Gasteiger charge is 2.14. The van der Waals surface area contributed by atoms with Gasteiger partial charge in [-0.3, -0.25) is 25.5 Å². The quantitative estimate of drug-likeness (QED) is 0.625. The highest BCUT2D eigenvalue weighted by atomic mass is 16.2. The number of nitrogens with zero attached hydrogens (tertiary/aromatic N) is 1. The molecule has 0 fully saturated rings. The Bertz CT molecular complexity index is 979. The molecule has 1 aromatic heterocycles. The number of aryl methyl sites for hydroxylation is 2. The van der Waals surface area contributed by atoms with E-state index in [-0.39, 0.29) is 18.0 Å². The van der Waals surface area contributed by atoms with Gasteiger partial charge in [-0.15, -0.1) is 0 Å². The number of carbonyl (C=O) groups excluding carboxylic acids is 2. The van der Waals surface area contributed by atoms with Crippen LogP contribution in [-0.4, -0.2) is 22.0 Å². The summed E-state index contributed by atoms with van der Waals surface area (Å²) in [5, 5.41) is 6.83. The first kappa shape index (κ1) is 17.0. The standard InChI is InChI=1S/C21H20N4O2/c26-20(12-14-9-10-15-7-4-8-17(15)11-14)24-25-21(27)19-13-18(22-23-19)16-5-2-1-3-6-16/h1-3,5-6,9-11,13H,4,7-8,12H2,(H,22,23)(H,24,26)(H,25,27). The van der Waals surface area contributed by atoms with Gasteiger partial charge in [-0.1, -0.05) is 48.5 Å². The van der Waals surface area contributed by atoms with Gasteiger partial charge in [0, 0.05) is 5.56 Å². The largest absolute Gasteiger partial charge is 0.287 e. The van der Waals surface area contributed by atoms with E-state index in [1.807, 2.05) is 36.4 Å². The first-order valence-electron chi connectivity index (χ1n) is 9.00. The third-order valence-electron chi connectivity index (χ3n) is 4.74. The van der Waals surface area contributed by atoms with Gasteiger partial charge in [0.15, 0.2) is 0 Å². The number of rotatable bonds is 4. The molecule has 0 saturated heterocycles. The third kappa shape index (κ3) is 3.89. The van der Waals surface area contributed by atoms with Gasteiger partial charge in [0.1, 0.15) is 5.69 Å². The second-order valence-electron chi connectivity index (χ2n) is 6.67. The molecule has 2 amide bonds. The number of benzene rings is 2. The maximum atomic E-state index is 12.2. The summed E-state index contributed by atoms with van der Waals surface area (Å²) in [6.07, 6.45) is 3.60. The first-order valence-corrected chi connectivity index (χ1v) is 9.00. The molecule has 1 heterocycles. The molecule has 1 aliphatic carbocycles. The van der Waals surface area contributed by atoms with Crippen LogP contribution >= 0.6 is 0 Å². The zero-order valence-corrected chi connectivity index (χ0v) is 14.8. The monoisotopic (exact) mass is 360 g/mol. The molecule has 0 spiro atoms. The fourth-order valence-corrected chi connectivity index (χ4v) is 3.35. The van der Waals surface area contributed by atoms with Crippen molar-refractivity contribution in [2.45, 2.75) is 25.7 Å². The van der Waals surface area contributed by atoms with Crippen LogP contribution in [0.15, 0.2) is 54.6 Å². The van der Waals surface area contributed by atoms with E-state index in [4.69, 9.17) is 0 Å². The molecule has 4 rings (SSSR count). The molecule has 0 bridgehead atoms. The number of hydrogen-bond acceptors (Lipinski definition) is 3. The molecule has 27 heavy (non-hydrogen) atoms. The smallest absolute Gasteiger partial charge is 0.273 e. The summed E-state index contributed by atoms with van der Waals surface area (Å²) in [7, 11) is 0. The van der Waals surface area contributed by atoms with Gasteiger partial charge >= 0.3 is 0 Å². The Hall–Kier alpha value is -3.41. The van der Waals surface area contributed by atoms with E-state index in [0.29, 0.717) is 5.69 Å². The molecule has 0 atom stereocenters. The number of nitrogens with one attached hydrogen (secondary N) is 3. The molecule has 2 aromatic carbocycles. The number of hydrogen-bond donors (Lipinski definition) is 3. The SMILES string of the molecule is O=C(Cc1ccc2c(c1)CCC2)NNC(=O)c1cc(-c2ccccc2)n[nH]1. The highest BCUT2D eigenvalue weighted by Crippen LogP contribution is 2.23. The van der Waals surface area contributed by atoms with Crippen LogP contribution in [0.1, 0.15) is 33.6 Å². The summed E-state index contributed by atoms with van der Waals surface area (Å²) in [6, 6.07) is 17.4. The van der Waals surface area contributed by atoms with Crippen molar-refractivity contribution in [1.29, 1.82) is 0 Å². The lowest BCUT2D eigenvalue weighted by Gasteiger charge is -2.07. The Morgan fingerprint density at radius 3 is 2.63 bits per heavy atom. The zero-order chi connectivity index (χ0) is 18.6. The van der Waals surface area contributed by atoms with Crippen LogP contribution in [0.25, 0.3) is 11.3 Å². The van der Waals surface area contributed by atoms with E-state index in [2.05, 4.69) is 33.2 Å². The van der Waals surface area contributed by atoms with Crippen molar-refractivity contribution in [1.82, 2.24) is 21.0 Å². The molecular weight excluding hydrogens is 340 g/mol. The molecule has 0 saturated carbocycles. The molecule has 6 nitrogen and oxygen atoms in total. The van der Waals surface area contributed by atoms with E-state index in [1.54, 1.807) is 6.07 Å². The average molecular weight is 360 g/mol. The fraction of sp³-hybridized carbons (Fsp3) is 0.190. The van der Waals surface area contributed by atoms with Gasteiger partial charge in [-0.25, -0.2) is 0 Å². The van der Waals surface area contributed by atoms with E-state index in [0.717, 1.165) is 24.0 Å². The summed E-state index contributed by atoms with van der Waals surface area (Å²) < 4.78 is 0. The van der Waals surface area contributed by atoms with Crippen molar-refractivity contribution in [2.75, 3.05) is 0 Å². The van der Waals surface area contributed by atoms with Crippen molar-refractivity contribution >= 4 is 11.8 Å². The van der Waals surface area contributed by atoms with E-state index in [1.165, 1.54) is 17.5 Å². The topological polar surface area (TPSA) is 86.9 Å². The number of aromatic amines is 1. The van der Waals surface area contributed by atoms with Crippen LogP contribution in [0.3, 0.4) is 0 Å². The number of amides is 2. The van der Waals surface area contributed by atoms with Crippen LogP contribution < -0.4 is 10.9 Å². The van der Waals surface area contributed by atoms with Crippen molar-refractivity contribution in [2.24, 2.45) is 0 Å². The van der Waals surface area contributed by atoms with Crippen molar-refractivity contribution in [3.8, 4) is 11.3 Å². The van der Waals surface area contributed by atoms with Gasteiger partial charge in [0.25, 0.3) is 5.91 Å². The fourth-order valence-electron chi connectivity index (χ4n) is 3.35. The molecular formula is C21H20N4O2. The Balaban J connectivity index is 1.32. The number of fused-ring (bicyclic) bond motifs is 1. The molecule has 0 aliphatic heterocycles. The Kier molecular flexibility index (Phi) is 4.70. The normalized spacial score (nSPS) is 12.4. The molecule has 3 aromatic rings. The Morgan fingerprint density at radius 1 is 0.963 bits per heavy atom. The molecule has 136 valence electrons. The van der Waals surface area contributed by atoms with Crippen LogP contribution in [0.5, 0.6) is 0 Å². The molecule has 0 radical (unpaired) electrons. The zero-order valence-electron chi connectivity index (χ0n) is 14.8. The second kappa shape index (κ2) is 7.45. The van der Waals surface area contributed by atoms with E-state index < -0.39 is 5.91 Å². The number of hydrazine groups is 1. The summed E-state index contributed by atoms with van der Waals surface area (Å²) in [5.74, 6) is -0.698. The van der Waals surface area contributed by atoms with Gasteiger partial charge in [0.2, 0.25) is 5.91 Å². The maximum absolute atomic E-state index is 12.2. The maximum Gasteiger partial charge on any atom is 0.287 e. The molecule has 1 aliphatic rings. The predicted molar refractivity (Wildman–Crippen MR) is 102 cm³/mol. The average Bonchev–Trinajstić information content (AvgIpc) is 3.36. The minimum atomic E-state index is -0.438. The van der Waals surface area contributed by atoms with Crippen LogP contribution in [-0.2, 0) is 24.1 Å².